The summed E-state index contributed by atoms with van der Waals surface area (Å²) in [7, 11) is 1.12. The van der Waals surface area contributed by atoms with E-state index in [1.807, 2.05) is 0 Å². The molecule has 0 bridgehead atoms. The molecule has 10 heteroatoms. The van der Waals surface area contributed by atoms with Crippen LogP contribution in [0, 0.1) is 5.82 Å². The number of methoxy groups -OCH3 is 1. The Morgan fingerprint density at radius 3 is 2.36 bits per heavy atom. The van der Waals surface area contributed by atoms with Crippen LogP contribution in [-0.4, -0.2) is 51.5 Å². The molecule has 0 saturated carbocycles. The largest absolute Gasteiger partial charge is 0.482 e. The average molecular weight is 517 g/mol. The predicted molar refractivity (Wildman–Crippen MR) is 133 cm³/mol. The number of ether oxygens (including phenoxy) is 3. The molecule has 1 heterocycles. The van der Waals surface area contributed by atoms with Gasteiger partial charge in [0.2, 0.25) is 0 Å². The summed E-state index contributed by atoms with van der Waals surface area (Å²) in [5.41, 5.74) is 0.664. The van der Waals surface area contributed by atoms with E-state index in [-0.39, 0.29) is 18.7 Å². The van der Waals surface area contributed by atoms with E-state index in [1.54, 1.807) is 82.5 Å². The lowest BCUT2D eigenvalue weighted by Crippen LogP contribution is -2.33. The average Bonchev–Trinajstić information content (AvgIpc) is 3.24. The maximum absolute atomic E-state index is 14.7. The highest BCUT2D eigenvalue weighted by molar-refractivity contribution is 7.83. The van der Waals surface area contributed by atoms with Gasteiger partial charge < -0.3 is 19.1 Å². The second-order valence-electron chi connectivity index (χ2n) is 8.96. The van der Waals surface area contributed by atoms with Gasteiger partial charge in [0.15, 0.2) is 17.6 Å². The van der Waals surface area contributed by atoms with Crippen molar-refractivity contribution in [3.63, 3.8) is 0 Å². The third-order valence-corrected chi connectivity index (χ3v) is 6.24. The van der Waals surface area contributed by atoms with Gasteiger partial charge in [0.25, 0.3) is 0 Å². The second kappa shape index (κ2) is 11.4. The van der Waals surface area contributed by atoms with Crippen LogP contribution in [0.4, 0.5) is 9.18 Å². The smallest absolute Gasteiger partial charge is 0.410 e. The topological polar surface area (TPSA) is 87.1 Å². The van der Waals surface area contributed by atoms with Gasteiger partial charge in [-0.15, -0.1) is 0 Å². The third-order valence-electron chi connectivity index (χ3n) is 4.91. The molecule has 0 fully saturated rings. The molecule has 0 N–H and O–H groups in total. The third kappa shape index (κ3) is 6.94. The zero-order valence-corrected chi connectivity index (χ0v) is 21.6. The molecule has 0 saturated heterocycles. The van der Waals surface area contributed by atoms with E-state index < -0.39 is 34.5 Å². The summed E-state index contributed by atoms with van der Waals surface area (Å²) >= 11 is 0. The van der Waals surface area contributed by atoms with Crippen molar-refractivity contribution < 1.29 is 32.4 Å². The molecular formula is C26H29FN2O6S. The minimum Gasteiger partial charge on any atom is -0.482 e. The van der Waals surface area contributed by atoms with Crippen LogP contribution < -0.4 is 4.74 Å². The number of rotatable bonds is 8. The Morgan fingerprint density at radius 2 is 1.75 bits per heavy atom. The number of aromatic nitrogens is 1. The lowest BCUT2D eigenvalue weighted by molar-refractivity contribution is -0.142. The number of esters is 1. The first-order chi connectivity index (χ1) is 17.0. The fourth-order valence-electron chi connectivity index (χ4n) is 3.23. The first kappa shape index (κ1) is 26.9. The van der Waals surface area contributed by atoms with Gasteiger partial charge in [0, 0.05) is 18.8 Å². The van der Waals surface area contributed by atoms with E-state index in [1.165, 1.54) is 22.0 Å². The number of nitrogens with zero attached hydrogens (tertiary/aromatic N) is 2. The number of benzene rings is 2. The van der Waals surface area contributed by atoms with Crippen molar-refractivity contribution >= 4 is 23.0 Å². The predicted octanol–water partition coefficient (Wildman–Crippen LogP) is 4.78. The maximum Gasteiger partial charge on any atom is 0.410 e. The molecular weight excluding hydrogens is 487 g/mol. The monoisotopic (exact) mass is 516 g/mol. The fourth-order valence-corrected chi connectivity index (χ4v) is 4.39. The summed E-state index contributed by atoms with van der Waals surface area (Å²) in [5.74, 6) is -0.580. The van der Waals surface area contributed by atoms with Crippen molar-refractivity contribution in [3.05, 3.63) is 72.2 Å². The molecule has 1 amide bonds. The molecule has 8 nitrogen and oxygen atoms in total. The van der Waals surface area contributed by atoms with Crippen LogP contribution in [-0.2, 0) is 31.8 Å². The van der Waals surface area contributed by atoms with Crippen LogP contribution in [0.15, 0.2) is 65.7 Å². The summed E-state index contributed by atoms with van der Waals surface area (Å²) in [4.78, 5) is 25.5. The molecule has 0 aliphatic carbocycles. The molecule has 2 aromatic carbocycles. The van der Waals surface area contributed by atoms with Gasteiger partial charge in [-0.25, -0.2) is 18.2 Å². The molecule has 1 aromatic heterocycles. The van der Waals surface area contributed by atoms with Gasteiger partial charge in [0.05, 0.1) is 24.2 Å². The lowest BCUT2D eigenvalue weighted by atomic mass is 10.1. The van der Waals surface area contributed by atoms with Gasteiger partial charge >= 0.3 is 12.1 Å². The van der Waals surface area contributed by atoms with Crippen molar-refractivity contribution in [1.29, 1.82) is 0 Å². The maximum atomic E-state index is 14.7. The molecule has 1 atom stereocenters. The van der Waals surface area contributed by atoms with Crippen molar-refractivity contribution in [2.24, 2.45) is 0 Å². The Kier molecular flexibility index (Phi) is 8.52. The molecule has 0 aliphatic rings. The van der Waals surface area contributed by atoms with Crippen LogP contribution in [0.5, 0.6) is 5.75 Å². The second-order valence-corrected chi connectivity index (χ2v) is 10.3. The van der Waals surface area contributed by atoms with Gasteiger partial charge in [-0.2, -0.15) is 0 Å². The Hall–Kier alpha value is -3.66. The molecule has 0 spiro atoms. The van der Waals surface area contributed by atoms with E-state index in [9.17, 15) is 18.2 Å². The van der Waals surface area contributed by atoms with Crippen LogP contribution in [0.3, 0.4) is 0 Å². The molecule has 3 aromatic rings. The molecule has 3 rings (SSSR count). The van der Waals surface area contributed by atoms with Crippen molar-refractivity contribution in [2.75, 3.05) is 20.8 Å². The number of amides is 1. The van der Waals surface area contributed by atoms with Crippen LogP contribution in [0.1, 0.15) is 26.3 Å². The number of halogens is 1. The van der Waals surface area contributed by atoms with Crippen molar-refractivity contribution in [1.82, 2.24) is 8.87 Å². The Labute approximate surface area is 212 Å². The van der Waals surface area contributed by atoms with Crippen LogP contribution in [0.25, 0.3) is 11.3 Å². The normalized spacial score (nSPS) is 12.1. The highest BCUT2D eigenvalue weighted by Gasteiger charge is 2.22. The quantitative estimate of drug-likeness (QED) is 0.401. The van der Waals surface area contributed by atoms with Crippen molar-refractivity contribution in [3.8, 4) is 17.0 Å². The lowest BCUT2D eigenvalue weighted by Gasteiger charge is -2.24. The molecule has 0 radical (unpaired) electrons. The van der Waals surface area contributed by atoms with E-state index in [0.717, 1.165) is 0 Å². The van der Waals surface area contributed by atoms with E-state index in [2.05, 4.69) is 4.74 Å². The van der Waals surface area contributed by atoms with E-state index in [4.69, 9.17) is 9.47 Å². The summed E-state index contributed by atoms with van der Waals surface area (Å²) in [6.45, 7) is 5.25. The van der Waals surface area contributed by atoms with Gasteiger partial charge in [0.1, 0.15) is 17.2 Å². The zero-order valence-electron chi connectivity index (χ0n) is 20.8. The minimum atomic E-state index is -1.74. The highest BCUT2D eigenvalue weighted by atomic mass is 32.2. The summed E-state index contributed by atoms with van der Waals surface area (Å²) in [5, 5.41) is 0. The summed E-state index contributed by atoms with van der Waals surface area (Å²) < 4.78 is 45.0. The number of carbonyl (C=O) groups excluding carboxylic acids is 2. The standard InChI is InChI=1S/C26H29FN2O6S/c1-26(2,3)35-25(31)28(4)15-18-14-23(21-8-6-7-9-22(21)27)29(16-18)36(32)20-12-10-19(11-13-20)34-17-24(30)33-5/h6-14,16H,15,17H2,1-5H3. The van der Waals surface area contributed by atoms with Crippen LogP contribution >= 0.6 is 0 Å². The van der Waals surface area contributed by atoms with Gasteiger partial charge in [-0.3, -0.25) is 3.97 Å². The molecule has 1 unspecified atom stereocenters. The Balaban J connectivity index is 1.90. The molecule has 0 aliphatic heterocycles. The van der Waals surface area contributed by atoms with E-state index >= 15 is 0 Å². The zero-order chi connectivity index (χ0) is 26.5. The van der Waals surface area contributed by atoms with E-state index in [0.29, 0.717) is 21.9 Å². The number of carbonyl (C=O) groups is 2. The number of hydrogen-bond donors (Lipinski definition) is 0. The summed E-state index contributed by atoms with van der Waals surface area (Å²) in [6.07, 6.45) is 1.12. The minimum absolute atomic E-state index is 0.168. The Bertz CT molecular complexity index is 1250. The first-order valence-electron chi connectivity index (χ1n) is 11.1. The summed E-state index contributed by atoms with van der Waals surface area (Å²) in [6, 6.07) is 14.3. The van der Waals surface area contributed by atoms with Gasteiger partial charge in [-0.05, 0) is 68.8 Å². The SMILES string of the molecule is COC(=O)COc1ccc(S(=O)n2cc(CN(C)C(=O)OC(C)(C)C)cc2-c2ccccc2F)cc1. The van der Waals surface area contributed by atoms with Crippen LogP contribution in [0.2, 0.25) is 0 Å². The number of hydrogen-bond acceptors (Lipinski definition) is 6. The molecule has 192 valence electrons. The molecule has 36 heavy (non-hydrogen) atoms. The Morgan fingerprint density at radius 1 is 1.08 bits per heavy atom. The fraction of sp³-hybridized carbons (Fsp3) is 0.308. The van der Waals surface area contributed by atoms with Gasteiger partial charge in [-0.1, -0.05) is 12.1 Å². The highest BCUT2D eigenvalue weighted by Crippen LogP contribution is 2.29. The first-order valence-corrected chi connectivity index (χ1v) is 12.2. The van der Waals surface area contributed by atoms with Crippen molar-refractivity contribution in [2.45, 2.75) is 37.8 Å².